The van der Waals surface area contributed by atoms with E-state index in [1.165, 1.54) is 12.1 Å². The molecule has 0 aliphatic heterocycles. The summed E-state index contributed by atoms with van der Waals surface area (Å²) in [6, 6.07) is 14.0. The van der Waals surface area contributed by atoms with Crippen LogP contribution in [0.1, 0.15) is 11.1 Å². The zero-order chi connectivity index (χ0) is 14.4. The molecule has 2 rings (SSSR count). The van der Waals surface area contributed by atoms with E-state index in [0.717, 1.165) is 16.8 Å². The Kier molecular flexibility index (Phi) is 4.29. The van der Waals surface area contributed by atoms with Crippen LogP contribution in [0.2, 0.25) is 0 Å². The Morgan fingerprint density at radius 3 is 2.20 bits per heavy atom. The second-order valence-electron chi connectivity index (χ2n) is 4.24. The Morgan fingerprint density at radius 1 is 0.950 bits per heavy atom. The standard InChI is InChI=1S/C16H14N2O2/c17-15-7-3-6-14(12-15)5-2-1-4-13-8-10-16(11-9-13)18(19)20/h1-12H,17H2. The summed E-state index contributed by atoms with van der Waals surface area (Å²) in [5.41, 5.74) is 8.44. The van der Waals surface area contributed by atoms with Gasteiger partial charge in [-0.3, -0.25) is 10.1 Å². The first-order valence-corrected chi connectivity index (χ1v) is 6.10. The first kappa shape index (κ1) is 13.5. The zero-order valence-electron chi connectivity index (χ0n) is 10.8. The second-order valence-corrected chi connectivity index (χ2v) is 4.24. The van der Waals surface area contributed by atoms with E-state index < -0.39 is 4.92 Å². The number of hydrogen-bond acceptors (Lipinski definition) is 3. The number of nitro groups is 1. The third-order valence-electron chi connectivity index (χ3n) is 2.70. The van der Waals surface area contributed by atoms with E-state index in [9.17, 15) is 10.1 Å². The highest BCUT2D eigenvalue weighted by Crippen LogP contribution is 2.13. The molecule has 2 N–H and O–H groups in total. The number of nitrogen functional groups attached to an aromatic ring is 1. The van der Waals surface area contributed by atoms with Gasteiger partial charge in [-0.1, -0.05) is 36.4 Å². The van der Waals surface area contributed by atoms with Crippen molar-refractivity contribution in [3.8, 4) is 0 Å². The maximum Gasteiger partial charge on any atom is 0.269 e. The predicted molar refractivity (Wildman–Crippen MR) is 82.0 cm³/mol. The Labute approximate surface area is 117 Å². The molecule has 0 spiro atoms. The van der Waals surface area contributed by atoms with Gasteiger partial charge in [-0.25, -0.2) is 0 Å². The van der Waals surface area contributed by atoms with E-state index in [0.29, 0.717) is 0 Å². The van der Waals surface area contributed by atoms with Crippen LogP contribution in [0, 0.1) is 10.1 Å². The fourth-order valence-corrected chi connectivity index (χ4v) is 1.70. The predicted octanol–water partition coefficient (Wildman–Crippen LogP) is 3.90. The van der Waals surface area contributed by atoms with Crippen LogP contribution in [0.25, 0.3) is 12.2 Å². The van der Waals surface area contributed by atoms with Crippen LogP contribution in [-0.2, 0) is 0 Å². The van der Waals surface area contributed by atoms with E-state index in [1.807, 2.05) is 48.6 Å². The molecule has 20 heavy (non-hydrogen) atoms. The molecular weight excluding hydrogens is 252 g/mol. The minimum atomic E-state index is -0.410. The summed E-state index contributed by atoms with van der Waals surface area (Å²) in [6.07, 6.45) is 7.60. The van der Waals surface area contributed by atoms with Crippen LogP contribution in [0.4, 0.5) is 11.4 Å². The molecule has 0 unspecified atom stereocenters. The lowest BCUT2D eigenvalue weighted by atomic mass is 10.1. The molecule has 2 aromatic rings. The number of nitro benzene ring substituents is 1. The number of non-ortho nitro benzene ring substituents is 1. The molecule has 0 saturated carbocycles. The Bertz CT molecular complexity index is 658. The first-order chi connectivity index (χ1) is 9.65. The van der Waals surface area contributed by atoms with Crippen molar-refractivity contribution in [2.24, 2.45) is 0 Å². The van der Waals surface area contributed by atoms with E-state index in [-0.39, 0.29) is 5.69 Å². The van der Waals surface area contributed by atoms with Gasteiger partial charge in [0.2, 0.25) is 0 Å². The van der Waals surface area contributed by atoms with Gasteiger partial charge in [0.1, 0.15) is 0 Å². The van der Waals surface area contributed by atoms with Crippen LogP contribution < -0.4 is 5.73 Å². The summed E-state index contributed by atoms with van der Waals surface area (Å²) >= 11 is 0. The molecule has 4 heteroatoms. The number of rotatable bonds is 4. The van der Waals surface area contributed by atoms with Gasteiger partial charge in [0.15, 0.2) is 0 Å². The van der Waals surface area contributed by atoms with Gasteiger partial charge in [-0.15, -0.1) is 0 Å². The molecule has 0 aliphatic rings. The number of nitrogens with two attached hydrogens (primary N) is 1. The van der Waals surface area contributed by atoms with E-state index in [1.54, 1.807) is 12.1 Å². The average molecular weight is 266 g/mol. The Hall–Kier alpha value is -2.88. The average Bonchev–Trinajstić information content (AvgIpc) is 2.44. The molecule has 0 aromatic heterocycles. The first-order valence-electron chi connectivity index (χ1n) is 6.10. The van der Waals surface area contributed by atoms with Gasteiger partial charge >= 0.3 is 0 Å². The molecule has 0 radical (unpaired) electrons. The van der Waals surface area contributed by atoms with Gasteiger partial charge in [-0.05, 0) is 35.4 Å². The lowest BCUT2D eigenvalue weighted by molar-refractivity contribution is -0.384. The lowest BCUT2D eigenvalue weighted by Gasteiger charge is -1.94. The van der Waals surface area contributed by atoms with Gasteiger partial charge < -0.3 is 5.73 Å². The van der Waals surface area contributed by atoms with Crippen molar-refractivity contribution >= 4 is 23.5 Å². The lowest BCUT2D eigenvalue weighted by Crippen LogP contribution is -1.86. The number of hydrogen-bond donors (Lipinski definition) is 1. The maximum atomic E-state index is 10.5. The van der Waals surface area contributed by atoms with Crippen molar-refractivity contribution in [3.05, 3.63) is 81.9 Å². The largest absolute Gasteiger partial charge is 0.399 e. The normalized spacial score (nSPS) is 11.2. The molecule has 2 aromatic carbocycles. The topological polar surface area (TPSA) is 69.2 Å². The minimum absolute atomic E-state index is 0.0949. The van der Waals surface area contributed by atoms with Crippen LogP contribution in [-0.4, -0.2) is 4.92 Å². The Balaban J connectivity index is 2.01. The maximum absolute atomic E-state index is 10.5. The highest BCUT2D eigenvalue weighted by atomic mass is 16.6. The fourth-order valence-electron chi connectivity index (χ4n) is 1.70. The molecule has 0 heterocycles. The highest BCUT2D eigenvalue weighted by molar-refractivity contribution is 5.60. The van der Waals surface area contributed by atoms with Gasteiger partial charge in [0.25, 0.3) is 5.69 Å². The van der Waals surface area contributed by atoms with Crippen LogP contribution >= 0.6 is 0 Å². The van der Waals surface area contributed by atoms with E-state index >= 15 is 0 Å². The van der Waals surface area contributed by atoms with E-state index in [4.69, 9.17) is 5.73 Å². The summed E-state index contributed by atoms with van der Waals surface area (Å²) in [7, 11) is 0. The molecule has 0 amide bonds. The second kappa shape index (κ2) is 6.33. The number of nitrogens with zero attached hydrogens (tertiary/aromatic N) is 1. The number of anilines is 1. The molecule has 4 nitrogen and oxygen atoms in total. The third kappa shape index (κ3) is 3.81. The van der Waals surface area contributed by atoms with Gasteiger partial charge in [0, 0.05) is 17.8 Å². The van der Waals surface area contributed by atoms with Crippen molar-refractivity contribution in [3.63, 3.8) is 0 Å². The molecule has 0 saturated heterocycles. The summed E-state index contributed by atoms with van der Waals surface area (Å²) in [5, 5.41) is 10.5. The number of allylic oxidation sites excluding steroid dienone is 2. The van der Waals surface area contributed by atoms with Crippen molar-refractivity contribution in [1.82, 2.24) is 0 Å². The zero-order valence-corrected chi connectivity index (χ0v) is 10.8. The molecule has 0 bridgehead atoms. The Morgan fingerprint density at radius 2 is 1.60 bits per heavy atom. The molecule has 100 valence electrons. The van der Waals surface area contributed by atoms with Crippen molar-refractivity contribution < 1.29 is 4.92 Å². The molecular formula is C16H14N2O2. The van der Waals surface area contributed by atoms with E-state index in [2.05, 4.69) is 0 Å². The molecule has 0 atom stereocenters. The van der Waals surface area contributed by atoms with Crippen molar-refractivity contribution in [1.29, 1.82) is 0 Å². The molecule has 0 aliphatic carbocycles. The third-order valence-corrected chi connectivity index (χ3v) is 2.70. The quantitative estimate of drug-likeness (QED) is 0.395. The van der Waals surface area contributed by atoms with Crippen LogP contribution in [0.5, 0.6) is 0 Å². The fraction of sp³-hybridized carbons (Fsp3) is 0. The number of benzene rings is 2. The smallest absolute Gasteiger partial charge is 0.269 e. The van der Waals surface area contributed by atoms with Crippen molar-refractivity contribution in [2.45, 2.75) is 0 Å². The highest BCUT2D eigenvalue weighted by Gasteiger charge is 2.01. The minimum Gasteiger partial charge on any atom is -0.399 e. The summed E-state index contributed by atoms with van der Waals surface area (Å²) < 4.78 is 0. The summed E-state index contributed by atoms with van der Waals surface area (Å²) in [4.78, 5) is 10.1. The molecule has 0 fully saturated rings. The van der Waals surface area contributed by atoms with Crippen LogP contribution in [0.15, 0.2) is 60.7 Å². The van der Waals surface area contributed by atoms with Crippen molar-refractivity contribution in [2.75, 3.05) is 5.73 Å². The van der Waals surface area contributed by atoms with Gasteiger partial charge in [0.05, 0.1) is 4.92 Å². The summed E-state index contributed by atoms with van der Waals surface area (Å²) in [6.45, 7) is 0. The monoisotopic (exact) mass is 266 g/mol. The SMILES string of the molecule is Nc1cccc(C=CC=Cc2ccc([N+](=O)[O-])cc2)c1. The van der Waals surface area contributed by atoms with Crippen LogP contribution in [0.3, 0.4) is 0 Å². The summed E-state index contributed by atoms with van der Waals surface area (Å²) in [5.74, 6) is 0. The van der Waals surface area contributed by atoms with Gasteiger partial charge in [-0.2, -0.15) is 0 Å².